The molecular formula is C31H30F4O. The van der Waals surface area contributed by atoms with Crippen molar-refractivity contribution in [3.63, 3.8) is 0 Å². The Balaban J connectivity index is 1.39. The first-order chi connectivity index (χ1) is 17.4. The number of unbranched alkanes of at least 4 members (excludes halogenated alkanes) is 1. The fourth-order valence-corrected chi connectivity index (χ4v) is 4.46. The van der Waals surface area contributed by atoms with E-state index in [1.807, 2.05) is 30.3 Å². The molecule has 0 unspecified atom stereocenters. The van der Waals surface area contributed by atoms with Crippen molar-refractivity contribution in [3.05, 3.63) is 112 Å². The van der Waals surface area contributed by atoms with Crippen LogP contribution in [0.2, 0.25) is 0 Å². The molecule has 4 aromatic carbocycles. The summed E-state index contributed by atoms with van der Waals surface area (Å²) in [5.74, 6) is -0.296. The molecule has 0 aromatic heterocycles. The van der Waals surface area contributed by atoms with Crippen LogP contribution in [0.3, 0.4) is 0 Å². The molecule has 4 aromatic rings. The molecule has 4 rings (SSSR count). The normalized spacial score (nSPS) is 11.4. The zero-order chi connectivity index (χ0) is 25.5. The van der Waals surface area contributed by atoms with Crippen LogP contribution < -0.4 is 4.74 Å². The van der Waals surface area contributed by atoms with Crippen LogP contribution in [0.1, 0.15) is 47.6 Å². The molecular weight excluding hydrogens is 464 g/mol. The molecule has 36 heavy (non-hydrogen) atoms. The van der Waals surface area contributed by atoms with Gasteiger partial charge in [0.1, 0.15) is 17.4 Å². The Hall–Kier alpha value is -3.34. The molecule has 1 nitrogen and oxygen atoms in total. The summed E-state index contributed by atoms with van der Waals surface area (Å²) in [7, 11) is 0. The third-order valence-electron chi connectivity index (χ3n) is 6.55. The number of rotatable bonds is 11. The number of hydrogen-bond acceptors (Lipinski definition) is 1. The molecule has 0 atom stereocenters. The summed E-state index contributed by atoms with van der Waals surface area (Å²) >= 11 is 0. The minimum absolute atomic E-state index is 0.105. The Bertz CT molecular complexity index is 1300. The second kappa shape index (κ2) is 12.1. The molecule has 5 heteroatoms. The van der Waals surface area contributed by atoms with E-state index >= 15 is 4.39 Å². The molecule has 0 aliphatic heterocycles. The number of benzene rings is 4. The molecule has 0 amide bonds. The van der Waals surface area contributed by atoms with Gasteiger partial charge < -0.3 is 4.74 Å². The Kier molecular flexibility index (Phi) is 8.63. The Morgan fingerprint density at radius 3 is 2.03 bits per heavy atom. The first kappa shape index (κ1) is 25.7. The maximum atomic E-state index is 15.2. The Morgan fingerprint density at radius 1 is 0.667 bits per heavy atom. The second-order valence-electron chi connectivity index (χ2n) is 9.15. The molecule has 0 saturated carbocycles. The topological polar surface area (TPSA) is 9.23 Å². The van der Waals surface area contributed by atoms with Crippen LogP contribution in [0.25, 0.3) is 10.8 Å². The van der Waals surface area contributed by atoms with E-state index in [1.165, 1.54) is 12.1 Å². The number of fused-ring (bicyclic) bond motifs is 1. The van der Waals surface area contributed by atoms with Crippen molar-refractivity contribution in [2.75, 3.05) is 0 Å². The molecule has 188 valence electrons. The van der Waals surface area contributed by atoms with Crippen molar-refractivity contribution in [3.8, 4) is 5.75 Å². The van der Waals surface area contributed by atoms with Gasteiger partial charge in [-0.15, -0.1) is 0 Å². The molecule has 0 radical (unpaired) electrons. The molecule has 0 saturated heterocycles. The van der Waals surface area contributed by atoms with Crippen molar-refractivity contribution in [1.82, 2.24) is 0 Å². The number of hydrogen-bond donors (Lipinski definition) is 0. The maximum Gasteiger partial charge on any atom is 0.387 e. The second-order valence-corrected chi connectivity index (χ2v) is 9.15. The summed E-state index contributed by atoms with van der Waals surface area (Å²) in [5, 5.41) is 1.38. The largest absolute Gasteiger partial charge is 0.435 e. The third kappa shape index (κ3) is 6.66. The van der Waals surface area contributed by atoms with Gasteiger partial charge in [-0.05, 0) is 89.9 Å². The van der Waals surface area contributed by atoms with E-state index in [9.17, 15) is 13.2 Å². The monoisotopic (exact) mass is 494 g/mol. The fourth-order valence-electron chi connectivity index (χ4n) is 4.46. The summed E-state index contributed by atoms with van der Waals surface area (Å²) < 4.78 is 58.6. The summed E-state index contributed by atoms with van der Waals surface area (Å²) in [4.78, 5) is 0. The molecule has 0 fully saturated rings. The van der Waals surface area contributed by atoms with E-state index in [1.54, 1.807) is 30.3 Å². The first-order valence-corrected chi connectivity index (χ1v) is 12.4. The van der Waals surface area contributed by atoms with Crippen LogP contribution in [0.15, 0.2) is 72.8 Å². The standard InChI is InChI=1S/C31H30F4O/c1-2-3-4-22-6-11-24(29(32)20-22)12-7-23-10-18-28-26(19-23)15-14-25(30(28)33)13-5-21-8-16-27(17-9-21)36-31(34)35/h6,8-11,14-20,31H,2-5,7,12-13H2,1H3. The van der Waals surface area contributed by atoms with Crippen molar-refractivity contribution >= 4 is 10.8 Å². The molecule has 0 bridgehead atoms. The molecule has 0 heterocycles. The third-order valence-corrected chi connectivity index (χ3v) is 6.55. The summed E-state index contributed by atoms with van der Waals surface area (Å²) in [6.45, 7) is -0.731. The van der Waals surface area contributed by atoms with Crippen LogP contribution in [0.5, 0.6) is 5.75 Å². The minimum Gasteiger partial charge on any atom is -0.435 e. The van der Waals surface area contributed by atoms with E-state index < -0.39 is 6.61 Å². The zero-order valence-electron chi connectivity index (χ0n) is 20.4. The average molecular weight is 495 g/mol. The van der Waals surface area contributed by atoms with Gasteiger partial charge in [0.25, 0.3) is 0 Å². The van der Waals surface area contributed by atoms with Crippen LogP contribution in [0, 0.1) is 11.6 Å². The van der Waals surface area contributed by atoms with E-state index in [2.05, 4.69) is 11.7 Å². The van der Waals surface area contributed by atoms with Gasteiger partial charge in [-0.2, -0.15) is 8.78 Å². The highest BCUT2D eigenvalue weighted by atomic mass is 19.3. The molecule has 0 spiro atoms. The first-order valence-electron chi connectivity index (χ1n) is 12.4. The summed E-state index contributed by atoms with van der Waals surface area (Å²) in [6.07, 6.45) is 5.38. The van der Waals surface area contributed by atoms with Gasteiger partial charge in [0.15, 0.2) is 0 Å². The predicted octanol–water partition coefficient (Wildman–Crippen LogP) is 8.63. The van der Waals surface area contributed by atoms with Crippen LogP contribution in [-0.2, 0) is 32.1 Å². The lowest BCUT2D eigenvalue weighted by atomic mass is 9.97. The van der Waals surface area contributed by atoms with Gasteiger partial charge in [0.05, 0.1) is 0 Å². The highest BCUT2D eigenvalue weighted by molar-refractivity contribution is 5.84. The Labute approximate surface area is 209 Å². The smallest absolute Gasteiger partial charge is 0.387 e. The quantitative estimate of drug-likeness (QED) is 0.190. The van der Waals surface area contributed by atoms with Gasteiger partial charge in [-0.3, -0.25) is 0 Å². The summed E-state index contributed by atoms with van der Waals surface area (Å²) in [5.41, 5.74) is 4.29. The molecule has 0 aliphatic carbocycles. The van der Waals surface area contributed by atoms with Gasteiger partial charge in [0.2, 0.25) is 0 Å². The number of halogens is 4. The zero-order valence-corrected chi connectivity index (χ0v) is 20.4. The van der Waals surface area contributed by atoms with Crippen molar-refractivity contribution < 1.29 is 22.3 Å². The average Bonchev–Trinajstić information content (AvgIpc) is 2.87. The van der Waals surface area contributed by atoms with Gasteiger partial charge in [-0.1, -0.05) is 67.9 Å². The number of aryl methyl sites for hydroxylation is 5. The fraction of sp³-hybridized carbons (Fsp3) is 0.290. The Morgan fingerprint density at radius 2 is 1.31 bits per heavy atom. The van der Waals surface area contributed by atoms with E-state index in [-0.39, 0.29) is 17.4 Å². The predicted molar refractivity (Wildman–Crippen MR) is 137 cm³/mol. The van der Waals surface area contributed by atoms with Crippen LogP contribution >= 0.6 is 0 Å². The highest BCUT2D eigenvalue weighted by Crippen LogP contribution is 2.25. The number of ether oxygens (including phenoxy) is 1. The van der Waals surface area contributed by atoms with Gasteiger partial charge >= 0.3 is 6.61 Å². The van der Waals surface area contributed by atoms with Crippen LogP contribution in [-0.4, -0.2) is 6.61 Å². The van der Waals surface area contributed by atoms with E-state index in [0.29, 0.717) is 42.2 Å². The van der Waals surface area contributed by atoms with Crippen molar-refractivity contribution in [2.45, 2.75) is 58.5 Å². The molecule has 0 aliphatic rings. The SMILES string of the molecule is CCCCc1ccc(CCc2ccc3c(F)c(CCc4ccc(OC(F)F)cc4)ccc3c2)c(F)c1. The van der Waals surface area contributed by atoms with E-state index in [4.69, 9.17) is 0 Å². The van der Waals surface area contributed by atoms with Crippen molar-refractivity contribution in [1.29, 1.82) is 0 Å². The molecule has 0 N–H and O–H groups in total. The van der Waals surface area contributed by atoms with E-state index in [0.717, 1.165) is 41.3 Å². The lowest BCUT2D eigenvalue weighted by molar-refractivity contribution is -0.0498. The number of alkyl halides is 2. The van der Waals surface area contributed by atoms with Crippen LogP contribution in [0.4, 0.5) is 17.6 Å². The lowest BCUT2D eigenvalue weighted by Gasteiger charge is -2.10. The summed E-state index contributed by atoms with van der Waals surface area (Å²) in [6, 6.07) is 21.3. The maximum absolute atomic E-state index is 15.2. The van der Waals surface area contributed by atoms with Crippen molar-refractivity contribution in [2.24, 2.45) is 0 Å². The minimum atomic E-state index is -2.86. The highest BCUT2D eigenvalue weighted by Gasteiger charge is 2.10. The van der Waals surface area contributed by atoms with Gasteiger partial charge in [0, 0.05) is 5.39 Å². The lowest BCUT2D eigenvalue weighted by Crippen LogP contribution is -2.02. The van der Waals surface area contributed by atoms with Gasteiger partial charge in [-0.25, -0.2) is 8.78 Å².